The molecule has 0 aromatic carbocycles. The Labute approximate surface area is 484 Å². The fourth-order valence-corrected chi connectivity index (χ4v) is 9.67. The summed E-state index contributed by atoms with van der Waals surface area (Å²) in [4.78, 5) is 38.2. The topological polar surface area (TPSA) is 78.9 Å². The number of rotatable bonds is 61. The quantitative estimate of drug-likeness (QED) is 0.0261. The lowest BCUT2D eigenvalue weighted by Crippen LogP contribution is -2.30. The number of carbonyl (C=O) groups is 3. The van der Waals surface area contributed by atoms with Gasteiger partial charge < -0.3 is 14.2 Å². The molecule has 0 amide bonds. The third kappa shape index (κ3) is 63.4. The molecule has 0 aliphatic heterocycles. The fraction of sp³-hybridized carbons (Fsp3) is 0.764. The Morgan fingerprint density at radius 2 is 0.538 bits per heavy atom. The van der Waals surface area contributed by atoms with Gasteiger partial charge in [-0.05, 0) is 77.0 Å². The van der Waals surface area contributed by atoms with E-state index in [9.17, 15) is 14.4 Å². The molecule has 6 nitrogen and oxygen atoms in total. The van der Waals surface area contributed by atoms with E-state index in [-0.39, 0.29) is 31.6 Å². The Morgan fingerprint density at radius 3 is 0.846 bits per heavy atom. The smallest absolute Gasteiger partial charge is 0.310 e. The normalized spacial score (nSPS) is 12.6. The maximum atomic E-state index is 12.8. The van der Waals surface area contributed by atoms with Crippen LogP contribution < -0.4 is 0 Å². The van der Waals surface area contributed by atoms with Crippen molar-refractivity contribution in [1.82, 2.24) is 0 Å². The molecule has 0 saturated heterocycles. The second-order valence-corrected chi connectivity index (χ2v) is 22.4. The standard InChI is InChI=1S/C72H126O6/c1-4-7-10-13-16-19-22-25-28-29-30-31-32-33-34-35-36-37-38-39-40-41-42-43-45-47-50-53-56-59-62-65-71(74)77-68-69(67-76-70(73)64-61-58-55-52-49-46-27-24-21-18-15-12-9-6-3)78-72(75)66-63-60-57-54-51-48-44-26-23-20-17-14-11-8-5-2/h8,11,17,20,22,25-26,29-30,44,51,54,60,63,69H,4-7,9-10,12-16,18-19,21,23-24,27-28,31-43,45-50,52-53,55-59,61-62,64-68H2,1-3H3/b11-8-,20-17-,25-22-,30-29-,44-26-,54-51-,63-60-. The lowest BCUT2D eigenvalue weighted by molar-refractivity contribution is -0.166. The lowest BCUT2D eigenvalue weighted by Gasteiger charge is -2.18. The van der Waals surface area contributed by atoms with E-state index in [0.29, 0.717) is 12.8 Å². The van der Waals surface area contributed by atoms with Crippen LogP contribution in [-0.2, 0) is 28.6 Å². The molecule has 0 spiro atoms. The molecule has 0 aliphatic rings. The van der Waals surface area contributed by atoms with Crippen LogP contribution in [-0.4, -0.2) is 37.2 Å². The summed E-state index contributed by atoms with van der Waals surface area (Å²) in [5.41, 5.74) is 0. The zero-order chi connectivity index (χ0) is 56.4. The highest BCUT2D eigenvalue weighted by atomic mass is 16.6. The third-order valence-electron chi connectivity index (χ3n) is 14.7. The third-order valence-corrected chi connectivity index (χ3v) is 14.7. The average molecular weight is 1090 g/mol. The van der Waals surface area contributed by atoms with Crippen molar-refractivity contribution in [2.75, 3.05) is 13.2 Å². The van der Waals surface area contributed by atoms with Crippen molar-refractivity contribution < 1.29 is 28.6 Å². The van der Waals surface area contributed by atoms with Crippen LogP contribution in [0.3, 0.4) is 0 Å². The summed E-state index contributed by atoms with van der Waals surface area (Å²) in [6.07, 6.45) is 87.9. The zero-order valence-corrected chi connectivity index (χ0v) is 51.7. The first-order valence-electron chi connectivity index (χ1n) is 33.6. The first kappa shape index (κ1) is 74.6. The van der Waals surface area contributed by atoms with Gasteiger partial charge in [-0.15, -0.1) is 0 Å². The molecule has 1 unspecified atom stereocenters. The first-order valence-corrected chi connectivity index (χ1v) is 33.6. The van der Waals surface area contributed by atoms with Crippen LogP contribution in [0.1, 0.15) is 335 Å². The molecule has 78 heavy (non-hydrogen) atoms. The van der Waals surface area contributed by atoms with Gasteiger partial charge in [0.05, 0.1) is 6.42 Å². The molecule has 0 fully saturated rings. The Bertz CT molecular complexity index is 1480. The van der Waals surface area contributed by atoms with Crippen LogP contribution in [0, 0.1) is 0 Å². The monoisotopic (exact) mass is 1090 g/mol. The number of ether oxygens (including phenoxy) is 3. The summed E-state index contributed by atoms with van der Waals surface area (Å²) in [5, 5.41) is 0. The minimum atomic E-state index is -0.829. The van der Waals surface area contributed by atoms with Gasteiger partial charge in [0.1, 0.15) is 13.2 Å². The molecule has 1 atom stereocenters. The molecule has 6 heteroatoms. The number of unbranched alkanes of at least 4 members (excludes halogenated alkanes) is 37. The zero-order valence-electron chi connectivity index (χ0n) is 51.7. The Morgan fingerprint density at radius 1 is 0.282 bits per heavy atom. The molecule has 0 radical (unpaired) electrons. The van der Waals surface area contributed by atoms with E-state index in [4.69, 9.17) is 14.2 Å². The van der Waals surface area contributed by atoms with Gasteiger partial charge in [-0.3, -0.25) is 14.4 Å². The molecule has 0 saturated carbocycles. The van der Waals surface area contributed by atoms with Gasteiger partial charge in [0.2, 0.25) is 0 Å². The second kappa shape index (κ2) is 66.1. The van der Waals surface area contributed by atoms with E-state index in [2.05, 4.69) is 93.7 Å². The number of esters is 3. The second-order valence-electron chi connectivity index (χ2n) is 22.4. The van der Waals surface area contributed by atoms with Gasteiger partial charge in [-0.25, -0.2) is 0 Å². The highest BCUT2D eigenvalue weighted by molar-refractivity contribution is 5.72. The van der Waals surface area contributed by atoms with E-state index in [1.54, 1.807) is 6.08 Å². The maximum Gasteiger partial charge on any atom is 0.310 e. The number of hydrogen-bond acceptors (Lipinski definition) is 6. The predicted octanol–water partition coefficient (Wildman–Crippen LogP) is 23.1. The van der Waals surface area contributed by atoms with Gasteiger partial charge in [0.25, 0.3) is 0 Å². The van der Waals surface area contributed by atoms with Crippen LogP contribution >= 0.6 is 0 Å². The number of allylic oxidation sites excluding steroid dienone is 13. The van der Waals surface area contributed by atoms with Crippen molar-refractivity contribution in [1.29, 1.82) is 0 Å². The molecule has 0 aromatic heterocycles. The Kier molecular flexibility index (Phi) is 63.2. The molecule has 0 aromatic rings. The minimum absolute atomic E-state index is 0.0997. The molecule has 450 valence electrons. The summed E-state index contributed by atoms with van der Waals surface area (Å²) in [7, 11) is 0. The van der Waals surface area contributed by atoms with Gasteiger partial charge in [-0.1, -0.05) is 324 Å². The molecular formula is C72H126O6. The molecule has 0 rings (SSSR count). The van der Waals surface area contributed by atoms with Gasteiger partial charge >= 0.3 is 17.9 Å². The molecular weight excluding hydrogens is 961 g/mol. The van der Waals surface area contributed by atoms with Crippen LogP contribution in [0.4, 0.5) is 0 Å². The van der Waals surface area contributed by atoms with Crippen LogP contribution in [0.15, 0.2) is 85.1 Å². The van der Waals surface area contributed by atoms with Gasteiger partial charge in [0, 0.05) is 12.8 Å². The van der Waals surface area contributed by atoms with E-state index in [1.807, 2.05) is 6.08 Å². The van der Waals surface area contributed by atoms with Gasteiger partial charge in [-0.2, -0.15) is 0 Å². The highest BCUT2D eigenvalue weighted by Crippen LogP contribution is 2.17. The fourth-order valence-electron chi connectivity index (χ4n) is 9.67. The van der Waals surface area contributed by atoms with E-state index in [1.165, 1.54) is 218 Å². The largest absolute Gasteiger partial charge is 0.462 e. The highest BCUT2D eigenvalue weighted by Gasteiger charge is 2.19. The summed E-state index contributed by atoms with van der Waals surface area (Å²) in [6, 6.07) is 0. The molecule has 0 N–H and O–H groups in total. The van der Waals surface area contributed by atoms with E-state index < -0.39 is 12.1 Å². The number of carbonyl (C=O) groups excluding carboxylic acids is 3. The summed E-state index contributed by atoms with van der Waals surface area (Å²) in [6.45, 7) is 6.47. The van der Waals surface area contributed by atoms with Crippen molar-refractivity contribution >= 4 is 17.9 Å². The van der Waals surface area contributed by atoms with Crippen LogP contribution in [0.2, 0.25) is 0 Å². The lowest BCUT2D eigenvalue weighted by atomic mass is 10.0. The van der Waals surface area contributed by atoms with Crippen molar-refractivity contribution in [2.24, 2.45) is 0 Å². The predicted molar refractivity (Wildman–Crippen MR) is 339 cm³/mol. The molecule has 0 aliphatic carbocycles. The summed E-state index contributed by atoms with van der Waals surface area (Å²) >= 11 is 0. The van der Waals surface area contributed by atoms with Gasteiger partial charge in [0.15, 0.2) is 6.10 Å². The summed E-state index contributed by atoms with van der Waals surface area (Å²) in [5.74, 6) is -1.03. The maximum absolute atomic E-state index is 12.8. The average Bonchev–Trinajstić information content (AvgIpc) is 3.44. The van der Waals surface area contributed by atoms with Crippen LogP contribution in [0.25, 0.3) is 0 Å². The van der Waals surface area contributed by atoms with Crippen molar-refractivity contribution in [2.45, 2.75) is 341 Å². The Balaban J connectivity index is 4.22. The van der Waals surface area contributed by atoms with Crippen molar-refractivity contribution in [3.8, 4) is 0 Å². The van der Waals surface area contributed by atoms with Crippen LogP contribution in [0.5, 0.6) is 0 Å². The number of hydrogen-bond donors (Lipinski definition) is 0. The minimum Gasteiger partial charge on any atom is -0.462 e. The van der Waals surface area contributed by atoms with E-state index in [0.717, 1.165) is 77.0 Å². The summed E-state index contributed by atoms with van der Waals surface area (Å²) < 4.78 is 16.8. The SMILES string of the molecule is CC/C=C\C/C=C\C/C=C\C/C=C\C/C=C\CC(=O)OC(COC(=O)CCCCCCCCCCCCCCCC)COC(=O)CCCCCCCCCCCCCCCCCCCCC/C=C\C/C=C\CCCCCCC. The van der Waals surface area contributed by atoms with E-state index >= 15 is 0 Å². The Hall–Kier alpha value is -3.41. The molecule has 0 bridgehead atoms. The van der Waals surface area contributed by atoms with Crippen molar-refractivity contribution in [3.05, 3.63) is 85.1 Å². The van der Waals surface area contributed by atoms with Crippen molar-refractivity contribution in [3.63, 3.8) is 0 Å². The first-order chi connectivity index (χ1) is 38.5. The molecule has 0 heterocycles.